The molecule has 6 heteroatoms. The van der Waals surface area contributed by atoms with Crippen LogP contribution >= 0.6 is 0 Å². The Morgan fingerprint density at radius 3 is 3.04 bits per heavy atom. The Kier molecular flexibility index (Phi) is 4.91. The van der Waals surface area contributed by atoms with Crippen LogP contribution in [0.1, 0.15) is 48.8 Å². The number of aromatic nitrogens is 1. The summed E-state index contributed by atoms with van der Waals surface area (Å²) in [5, 5.41) is 6.03. The van der Waals surface area contributed by atoms with E-state index in [-0.39, 0.29) is 30.0 Å². The first-order valence-electron chi connectivity index (χ1n) is 8.35. The predicted molar refractivity (Wildman–Crippen MR) is 85.0 cm³/mol. The van der Waals surface area contributed by atoms with E-state index in [4.69, 9.17) is 4.74 Å². The summed E-state index contributed by atoms with van der Waals surface area (Å²) in [6.07, 6.45) is 3.75. The molecule has 0 saturated carbocycles. The third-order valence-electron chi connectivity index (χ3n) is 4.53. The van der Waals surface area contributed by atoms with E-state index in [9.17, 15) is 9.59 Å². The monoisotopic (exact) mass is 317 g/mol. The highest BCUT2D eigenvalue weighted by Gasteiger charge is 2.37. The number of hydrogen-bond donors (Lipinski definition) is 2. The summed E-state index contributed by atoms with van der Waals surface area (Å²) in [5.74, 6) is -0.161. The number of aryl methyl sites for hydroxylation is 1. The summed E-state index contributed by atoms with van der Waals surface area (Å²) in [6, 6.07) is 5.21. The third kappa shape index (κ3) is 3.69. The standard InChI is InChI=1S/C17H23N3O3/c1-2-11-5-3-6-13(18-11)17(22)19-12-8-9-15(21)20-16(12)14-7-4-10-23-14/h3,5-6,12,14,16H,2,4,7-10H2,1H3,(H,19,22)(H,20,21). The topological polar surface area (TPSA) is 80.3 Å². The summed E-state index contributed by atoms with van der Waals surface area (Å²) >= 11 is 0. The van der Waals surface area contributed by atoms with Crippen molar-refractivity contribution in [3.05, 3.63) is 29.6 Å². The van der Waals surface area contributed by atoms with Crippen molar-refractivity contribution in [1.29, 1.82) is 0 Å². The van der Waals surface area contributed by atoms with Crippen LogP contribution < -0.4 is 10.6 Å². The maximum Gasteiger partial charge on any atom is 0.270 e. The van der Waals surface area contributed by atoms with Gasteiger partial charge in [0.2, 0.25) is 5.91 Å². The van der Waals surface area contributed by atoms with Crippen molar-refractivity contribution in [1.82, 2.24) is 15.6 Å². The number of carbonyl (C=O) groups excluding carboxylic acids is 2. The van der Waals surface area contributed by atoms with Crippen molar-refractivity contribution in [2.24, 2.45) is 0 Å². The fraction of sp³-hybridized carbons (Fsp3) is 0.588. The Morgan fingerprint density at radius 2 is 2.30 bits per heavy atom. The molecule has 6 nitrogen and oxygen atoms in total. The molecule has 124 valence electrons. The van der Waals surface area contributed by atoms with Gasteiger partial charge in [0, 0.05) is 18.7 Å². The molecular formula is C17H23N3O3. The Hall–Kier alpha value is -1.95. The lowest BCUT2D eigenvalue weighted by molar-refractivity contribution is -0.125. The van der Waals surface area contributed by atoms with Crippen LogP contribution in [0, 0.1) is 0 Å². The van der Waals surface area contributed by atoms with Crippen LogP contribution in [0.2, 0.25) is 0 Å². The number of rotatable bonds is 4. The number of pyridine rings is 1. The van der Waals surface area contributed by atoms with Gasteiger partial charge in [-0.15, -0.1) is 0 Å². The van der Waals surface area contributed by atoms with E-state index in [1.807, 2.05) is 19.1 Å². The number of hydrogen-bond acceptors (Lipinski definition) is 4. The number of ether oxygens (including phenoxy) is 1. The van der Waals surface area contributed by atoms with E-state index in [2.05, 4.69) is 15.6 Å². The second-order valence-electron chi connectivity index (χ2n) is 6.13. The number of carbonyl (C=O) groups is 2. The Labute approximate surface area is 136 Å². The Bertz CT molecular complexity index is 584. The number of nitrogens with one attached hydrogen (secondary N) is 2. The fourth-order valence-corrected chi connectivity index (χ4v) is 3.27. The Morgan fingerprint density at radius 1 is 1.43 bits per heavy atom. The van der Waals surface area contributed by atoms with Crippen molar-refractivity contribution in [2.75, 3.05) is 6.61 Å². The van der Waals surface area contributed by atoms with Gasteiger partial charge in [-0.2, -0.15) is 0 Å². The minimum atomic E-state index is -0.190. The maximum absolute atomic E-state index is 12.5. The van der Waals surface area contributed by atoms with Crippen molar-refractivity contribution in [3.63, 3.8) is 0 Å². The summed E-state index contributed by atoms with van der Waals surface area (Å²) in [6.45, 7) is 2.73. The van der Waals surface area contributed by atoms with Crippen molar-refractivity contribution >= 4 is 11.8 Å². The van der Waals surface area contributed by atoms with E-state index in [1.165, 1.54) is 0 Å². The highest BCUT2D eigenvalue weighted by molar-refractivity contribution is 5.92. The number of nitrogens with zero attached hydrogens (tertiary/aromatic N) is 1. The van der Waals surface area contributed by atoms with Gasteiger partial charge >= 0.3 is 0 Å². The quantitative estimate of drug-likeness (QED) is 0.874. The molecule has 2 aliphatic rings. The summed E-state index contributed by atoms with van der Waals surface area (Å²) in [5.41, 5.74) is 1.32. The lowest BCUT2D eigenvalue weighted by Crippen LogP contribution is -2.60. The smallest absolute Gasteiger partial charge is 0.270 e. The lowest BCUT2D eigenvalue weighted by atomic mass is 9.92. The molecule has 2 saturated heterocycles. The van der Waals surface area contributed by atoms with Crippen LogP contribution in [0.15, 0.2) is 18.2 Å². The first-order valence-corrected chi connectivity index (χ1v) is 8.35. The third-order valence-corrected chi connectivity index (χ3v) is 4.53. The van der Waals surface area contributed by atoms with Crippen LogP contribution in [0.25, 0.3) is 0 Å². The zero-order chi connectivity index (χ0) is 16.2. The zero-order valence-electron chi connectivity index (χ0n) is 13.4. The molecule has 2 fully saturated rings. The number of amides is 2. The van der Waals surface area contributed by atoms with E-state index >= 15 is 0 Å². The van der Waals surface area contributed by atoms with Gasteiger partial charge < -0.3 is 15.4 Å². The lowest BCUT2D eigenvalue weighted by Gasteiger charge is -2.36. The van der Waals surface area contributed by atoms with Crippen LogP contribution in [0.3, 0.4) is 0 Å². The summed E-state index contributed by atoms with van der Waals surface area (Å²) in [7, 11) is 0. The minimum absolute atomic E-state index is 0.0144. The highest BCUT2D eigenvalue weighted by Crippen LogP contribution is 2.22. The van der Waals surface area contributed by atoms with Crippen molar-refractivity contribution < 1.29 is 14.3 Å². The van der Waals surface area contributed by atoms with Crippen LogP contribution in [0.5, 0.6) is 0 Å². The molecule has 1 aromatic heterocycles. The molecule has 3 atom stereocenters. The molecule has 2 N–H and O–H groups in total. The summed E-state index contributed by atoms with van der Waals surface area (Å²) in [4.78, 5) is 28.6. The molecule has 0 aromatic carbocycles. The molecule has 0 spiro atoms. The largest absolute Gasteiger partial charge is 0.376 e. The van der Waals surface area contributed by atoms with Gasteiger partial charge in [-0.3, -0.25) is 9.59 Å². The molecule has 0 bridgehead atoms. The van der Waals surface area contributed by atoms with Crippen molar-refractivity contribution in [2.45, 2.75) is 57.2 Å². The van der Waals surface area contributed by atoms with Gasteiger partial charge in [-0.25, -0.2) is 4.98 Å². The molecule has 0 aliphatic carbocycles. The molecule has 0 radical (unpaired) electrons. The van der Waals surface area contributed by atoms with Gasteiger partial charge in [0.15, 0.2) is 0 Å². The highest BCUT2D eigenvalue weighted by atomic mass is 16.5. The van der Waals surface area contributed by atoms with E-state index in [0.717, 1.165) is 31.6 Å². The number of piperidine rings is 1. The molecule has 3 heterocycles. The summed E-state index contributed by atoms with van der Waals surface area (Å²) < 4.78 is 5.71. The minimum Gasteiger partial charge on any atom is -0.376 e. The first-order chi connectivity index (χ1) is 11.2. The SMILES string of the molecule is CCc1cccc(C(=O)NC2CCC(=O)NC2C2CCCO2)n1. The molecule has 2 amide bonds. The molecule has 2 aliphatic heterocycles. The average Bonchev–Trinajstić information content (AvgIpc) is 3.11. The molecule has 1 aromatic rings. The second kappa shape index (κ2) is 7.08. The van der Waals surface area contributed by atoms with E-state index in [0.29, 0.717) is 18.5 Å². The van der Waals surface area contributed by atoms with E-state index in [1.54, 1.807) is 6.07 Å². The second-order valence-corrected chi connectivity index (χ2v) is 6.13. The average molecular weight is 317 g/mol. The van der Waals surface area contributed by atoms with E-state index < -0.39 is 0 Å². The Balaban J connectivity index is 1.70. The van der Waals surface area contributed by atoms with Gasteiger partial charge in [0.05, 0.1) is 18.2 Å². The predicted octanol–water partition coefficient (Wildman–Crippen LogP) is 1.20. The molecular weight excluding hydrogens is 294 g/mol. The van der Waals surface area contributed by atoms with Crippen LogP contribution in [0.4, 0.5) is 0 Å². The van der Waals surface area contributed by atoms with Crippen LogP contribution in [-0.2, 0) is 16.0 Å². The fourth-order valence-electron chi connectivity index (χ4n) is 3.27. The van der Waals surface area contributed by atoms with Gasteiger partial charge in [-0.1, -0.05) is 13.0 Å². The normalized spacial score (nSPS) is 27.5. The molecule has 3 unspecified atom stereocenters. The molecule has 23 heavy (non-hydrogen) atoms. The molecule has 3 rings (SSSR count). The zero-order valence-corrected chi connectivity index (χ0v) is 13.4. The van der Waals surface area contributed by atoms with Crippen molar-refractivity contribution in [3.8, 4) is 0 Å². The van der Waals surface area contributed by atoms with Crippen LogP contribution in [-0.4, -0.2) is 41.6 Å². The van der Waals surface area contributed by atoms with Gasteiger partial charge in [-0.05, 0) is 37.8 Å². The maximum atomic E-state index is 12.5. The van der Waals surface area contributed by atoms with Gasteiger partial charge in [0.25, 0.3) is 5.91 Å². The van der Waals surface area contributed by atoms with Gasteiger partial charge in [0.1, 0.15) is 5.69 Å². The first kappa shape index (κ1) is 15.9.